The number of carbonyl (C=O) groups is 1. The molecule has 2 aromatic carbocycles. The van der Waals surface area contributed by atoms with Gasteiger partial charge in [-0.2, -0.15) is 0 Å². The van der Waals surface area contributed by atoms with E-state index in [2.05, 4.69) is 55.4 Å². The van der Waals surface area contributed by atoms with Crippen LogP contribution in [0.1, 0.15) is 61.0 Å². The van der Waals surface area contributed by atoms with Gasteiger partial charge in [-0.25, -0.2) is 0 Å². The molecule has 30 heavy (non-hydrogen) atoms. The first kappa shape index (κ1) is 21.6. The largest absolute Gasteiger partial charge is 0.491 e. The number of halogens is 1. The molecule has 0 aromatic heterocycles. The van der Waals surface area contributed by atoms with E-state index in [-0.39, 0.29) is 10.9 Å². The predicted octanol–water partition coefficient (Wildman–Crippen LogP) is 6.04. The monoisotopic (exact) mass is 487 g/mol. The summed E-state index contributed by atoms with van der Waals surface area (Å²) >= 11 is 3.68. The molecule has 0 radical (unpaired) electrons. The Hall–Kier alpha value is -1.63. The van der Waals surface area contributed by atoms with E-state index in [1.807, 2.05) is 29.2 Å². The number of nitrogens with zero attached hydrogens (tertiary/aromatic N) is 1. The standard InChI is InChI=1S/C24H30BrNO3Si/c1-24(2,3)30(4)29-15-19-20(25)6-5-7-21(19)26-12-13-28-22-14-17(16-8-9-16)10-11-18(22)23(26)27/h5-7,10-11,14,16,30H,8-9,12-13,15H2,1-4H3. The number of fused-ring (bicyclic) bond motifs is 1. The van der Waals surface area contributed by atoms with Gasteiger partial charge in [0.15, 0.2) is 9.04 Å². The molecule has 160 valence electrons. The number of amides is 1. The summed E-state index contributed by atoms with van der Waals surface area (Å²) in [5.41, 5.74) is 3.84. The van der Waals surface area contributed by atoms with Crippen LogP contribution in [0.3, 0.4) is 0 Å². The van der Waals surface area contributed by atoms with Crippen LogP contribution in [0.15, 0.2) is 40.9 Å². The fourth-order valence-electron chi connectivity index (χ4n) is 3.63. The number of benzene rings is 2. The van der Waals surface area contributed by atoms with Crippen molar-refractivity contribution in [2.24, 2.45) is 0 Å². The van der Waals surface area contributed by atoms with E-state index in [9.17, 15) is 4.79 Å². The van der Waals surface area contributed by atoms with E-state index in [4.69, 9.17) is 9.16 Å². The summed E-state index contributed by atoms with van der Waals surface area (Å²) in [4.78, 5) is 15.3. The van der Waals surface area contributed by atoms with Crippen molar-refractivity contribution in [1.29, 1.82) is 0 Å². The molecule has 1 saturated carbocycles. The van der Waals surface area contributed by atoms with Crippen LogP contribution in [0.5, 0.6) is 5.75 Å². The molecule has 4 nitrogen and oxygen atoms in total. The van der Waals surface area contributed by atoms with Crippen LogP contribution < -0.4 is 9.64 Å². The van der Waals surface area contributed by atoms with Crippen LogP contribution in [0.2, 0.25) is 11.6 Å². The molecule has 1 amide bonds. The van der Waals surface area contributed by atoms with Crippen molar-refractivity contribution in [2.45, 2.75) is 57.7 Å². The van der Waals surface area contributed by atoms with E-state index in [0.29, 0.717) is 37.0 Å². The maximum absolute atomic E-state index is 13.5. The minimum atomic E-state index is -1.38. The third kappa shape index (κ3) is 4.51. The second kappa shape index (κ2) is 8.48. The average molecular weight is 488 g/mol. The van der Waals surface area contributed by atoms with Crippen molar-refractivity contribution < 1.29 is 14.0 Å². The van der Waals surface area contributed by atoms with E-state index >= 15 is 0 Å². The van der Waals surface area contributed by atoms with Crippen molar-refractivity contribution in [1.82, 2.24) is 0 Å². The first-order chi connectivity index (χ1) is 14.3. The molecule has 1 heterocycles. The van der Waals surface area contributed by atoms with Crippen molar-refractivity contribution in [2.75, 3.05) is 18.1 Å². The number of hydrogen-bond acceptors (Lipinski definition) is 3. The van der Waals surface area contributed by atoms with Gasteiger partial charge in [-0.1, -0.05) is 48.8 Å². The molecule has 4 rings (SSSR count). The quantitative estimate of drug-likeness (QED) is 0.482. The van der Waals surface area contributed by atoms with Crippen LogP contribution in [0.25, 0.3) is 0 Å². The van der Waals surface area contributed by atoms with E-state index in [0.717, 1.165) is 15.7 Å². The zero-order valence-corrected chi connectivity index (χ0v) is 20.9. The van der Waals surface area contributed by atoms with Gasteiger partial charge in [0.2, 0.25) is 0 Å². The molecule has 1 unspecified atom stereocenters. The second-order valence-electron chi connectivity index (χ2n) is 9.39. The zero-order valence-electron chi connectivity index (χ0n) is 18.2. The summed E-state index contributed by atoms with van der Waals surface area (Å²) in [7, 11) is -1.38. The summed E-state index contributed by atoms with van der Waals surface area (Å²) in [6, 6.07) is 12.1. The first-order valence-electron chi connectivity index (χ1n) is 10.7. The molecule has 0 N–H and O–H groups in total. The number of carbonyl (C=O) groups excluding carboxylic acids is 1. The maximum atomic E-state index is 13.5. The number of hydrogen-bond donors (Lipinski definition) is 0. The Morgan fingerprint density at radius 2 is 2.00 bits per heavy atom. The Kier molecular flexibility index (Phi) is 6.10. The highest BCUT2D eigenvalue weighted by atomic mass is 79.9. The smallest absolute Gasteiger partial charge is 0.262 e. The van der Waals surface area contributed by atoms with Crippen molar-refractivity contribution >= 4 is 36.6 Å². The molecule has 2 aromatic rings. The molecule has 1 aliphatic heterocycles. The molecule has 1 aliphatic carbocycles. The molecule has 0 spiro atoms. The fraction of sp³-hybridized carbons (Fsp3) is 0.458. The summed E-state index contributed by atoms with van der Waals surface area (Å²) in [5, 5.41) is 0.186. The fourth-order valence-corrected chi connectivity index (χ4v) is 5.02. The van der Waals surface area contributed by atoms with Gasteiger partial charge in [0, 0.05) is 10.0 Å². The zero-order chi connectivity index (χ0) is 21.5. The van der Waals surface area contributed by atoms with Gasteiger partial charge >= 0.3 is 0 Å². The first-order valence-corrected chi connectivity index (χ1v) is 13.7. The van der Waals surface area contributed by atoms with Gasteiger partial charge in [-0.05, 0) is 60.2 Å². The lowest BCUT2D eigenvalue weighted by Crippen LogP contribution is -2.33. The number of ether oxygens (including phenoxy) is 1. The van der Waals surface area contributed by atoms with Gasteiger partial charge in [0.25, 0.3) is 5.91 Å². The maximum Gasteiger partial charge on any atom is 0.262 e. The average Bonchev–Trinajstić information content (AvgIpc) is 3.54. The highest BCUT2D eigenvalue weighted by Gasteiger charge is 2.30. The van der Waals surface area contributed by atoms with Crippen LogP contribution in [-0.2, 0) is 11.0 Å². The topological polar surface area (TPSA) is 38.8 Å². The third-order valence-corrected chi connectivity index (χ3v) is 10.0. The Morgan fingerprint density at radius 1 is 1.23 bits per heavy atom. The van der Waals surface area contributed by atoms with Crippen molar-refractivity contribution in [3.63, 3.8) is 0 Å². The van der Waals surface area contributed by atoms with E-state index < -0.39 is 9.04 Å². The molecule has 0 bridgehead atoms. The molecular weight excluding hydrogens is 458 g/mol. The minimum absolute atomic E-state index is 0.00897. The lowest BCUT2D eigenvalue weighted by Gasteiger charge is -2.28. The number of anilines is 1. The van der Waals surface area contributed by atoms with Crippen molar-refractivity contribution in [3.05, 3.63) is 57.6 Å². The van der Waals surface area contributed by atoms with Crippen LogP contribution in [-0.4, -0.2) is 28.1 Å². The van der Waals surface area contributed by atoms with Gasteiger partial charge in [-0.3, -0.25) is 4.79 Å². The van der Waals surface area contributed by atoms with Crippen LogP contribution >= 0.6 is 15.9 Å². The van der Waals surface area contributed by atoms with Crippen LogP contribution in [0.4, 0.5) is 5.69 Å². The van der Waals surface area contributed by atoms with Gasteiger partial charge in [-0.15, -0.1) is 0 Å². The highest BCUT2D eigenvalue weighted by Crippen LogP contribution is 2.42. The molecule has 6 heteroatoms. The lowest BCUT2D eigenvalue weighted by atomic mass is 10.1. The Labute approximate surface area is 189 Å². The Bertz CT molecular complexity index is 952. The van der Waals surface area contributed by atoms with Crippen molar-refractivity contribution in [3.8, 4) is 5.75 Å². The van der Waals surface area contributed by atoms with Gasteiger partial charge in [0.05, 0.1) is 24.4 Å². The second-order valence-corrected chi connectivity index (χ2v) is 13.6. The lowest BCUT2D eigenvalue weighted by molar-refractivity contribution is 0.0989. The summed E-state index contributed by atoms with van der Waals surface area (Å²) in [6.45, 7) is 10.4. The summed E-state index contributed by atoms with van der Waals surface area (Å²) < 4.78 is 13.3. The normalized spacial score (nSPS) is 17.9. The molecule has 1 atom stereocenters. The Morgan fingerprint density at radius 3 is 2.70 bits per heavy atom. The summed E-state index contributed by atoms with van der Waals surface area (Å²) in [5.74, 6) is 1.34. The predicted molar refractivity (Wildman–Crippen MR) is 127 cm³/mol. The minimum Gasteiger partial charge on any atom is -0.491 e. The highest BCUT2D eigenvalue weighted by molar-refractivity contribution is 9.10. The molecule has 0 saturated heterocycles. The SMILES string of the molecule is C[SiH](OCc1c(Br)cccc1N1CCOc2cc(C3CC3)ccc2C1=O)C(C)(C)C. The third-order valence-electron chi connectivity index (χ3n) is 6.18. The van der Waals surface area contributed by atoms with Crippen LogP contribution in [0, 0.1) is 0 Å². The van der Waals surface area contributed by atoms with Gasteiger partial charge in [0.1, 0.15) is 12.4 Å². The molecule has 2 aliphatic rings. The Balaban J connectivity index is 1.63. The molecule has 1 fully saturated rings. The molecular formula is C24H30BrNO3Si. The summed E-state index contributed by atoms with van der Waals surface area (Å²) in [6.07, 6.45) is 2.47. The van der Waals surface area contributed by atoms with E-state index in [1.165, 1.54) is 18.4 Å². The van der Waals surface area contributed by atoms with E-state index in [1.54, 1.807) is 0 Å². The van der Waals surface area contributed by atoms with Gasteiger partial charge < -0.3 is 14.1 Å². The number of rotatable bonds is 5.